The summed E-state index contributed by atoms with van der Waals surface area (Å²) in [6.07, 6.45) is 0.732. The van der Waals surface area contributed by atoms with Gasteiger partial charge >= 0.3 is 11.8 Å². The smallest absolute Gasteiger partial charge is 0.423 e. The van der Waals surface area contributed by atoms with E-state index >= 15 is 0 Å². The Morgan fingerprint density at radius 3 is 2.61 bits per heavy atom. The highest BCUT2D eigenvalue weighted by molar-refractivity contribution is 5.87. The summed E-state index contributed by atoms with van der Waals surface area (Å²) >= 11 is 0. The van der Waals surface area contributed by atoms with Crippen molar-refractivity contribution in [3.63, 3.8) is 0 Å². The molecule has 0 unspecified atom stereocenters. The number of hydrogen-bond acceptors (Lipinski definition) is 4. The highest BCUT2D eigenvalue weighted by Gasteiger charge is 2.20. The van der Waals surface area contributed by atoms with Gasteiger partial charge in [0.15, 0.2) is 0 Å². The molecular weight excluding hydrogens is 232 g/mol. The molecule has 1 aromatic heterocycles. The van der Waals surface area contributed by atoms with Crippen LogP contribution in [-0.2, 0) is 4.74 Å². The molecule has 2 rings (SSSR count). The number of ether oxygens (including phenoxy) is 1. The average molecular weight is 246 g/mol. The minimum Gasteiger partial charge on any atom is -0.443 e. The number of hydrogen-bond donors (Lipinski definition) is 0. The fourth-order valence-electron chi connectivity index (χ4n) is 1.57. The van der Waals surface area contributed by atoms with Gasteiger partial charge in [0.2, 0.25) is 0 Å². The van der Waals surface area contributed by atoms with Gasteiger partial charge < -0.3 is 4.74 Å². The maximum Gasteiger partial charge on any atom is 0.423 e. The van der Waals surface area contributed by atoms with Crippen LogP contribution in [0.3, 0.4) is 0 Å². The van der Waals surface area contributed by atoms with Crippen LogP contribution in [0.1, 0.15) is 20.8 Å². The van der Waals surface area contributed by atoms with Gasteiger partial charge in [-0.15, -0.1) is 0 Å². The molecule has 5 heteroatoms. The zero-order valence-electron chi connectivity index (χ0n) is 10.5. The summed E-state index contributed by atoms with van der Waals surface area (Å²) < 4.78 is 6.14. The fourth-order valence-corrected chi connectivity index (χ4v) is 1.57. The molecule has 0 aliphatic carbocycles. The van der Waals surface area contributed by atoms with E-state index in [2.05, 4.69) is 4.98 Å². The first-order chi connectivity index (χ1) is 8.38. The fraction of sp³-hybridized carbons (Fsp3) is 0.308. The van der Waals surface area contributed by atoms with Crippen LogP contribution in [0.4, 0.5) is 4.79 Å². The predicted octanol–water partition coefficient (Wildman–Crippen LogP) is 2.18. The lowest BCUT2D eigenvalue weighted by Gasteiger charge is -2.20. The minimum absolute atomic E-state index is 0.492. The van der Waals surface area contributed by atoms with Gasteiger partial charge in [-0.25, -0.2) is 14.6 Å². The second-order valence-electron chi connectivity index (χ2n) is 4.92. The number of aromatic nitrogens is 2. The van der Waals surface area contributed by atoms with Crippen molar-refractivity contribution in [2.24, 2.45) is 0 Å². The van der Waals surface area contributed by atoms with Crippen molar-refractivity contribution in [2.45, 2.75) is 26.4 Å². The summed E-state index contributed by atoms with van der Waals surface area (Å²) in [4.78, 5) is 27.4. The number of benzene rings is 1. The van der Waals surface area contributed by atoms with Gasteiger partial charge in [0.1, 0.15) is 5.60 Å². The number of fused-ring (bicyclic) bond motifs is 1. The quantitative estimate of drug-likeness (QED) is 0.714. The largest absolute Gasteiger partial charge is 0.443 e. The molecule has 0 saturated heterocycles. The molecule has 0 N–H and O–H groups in total. The summed E-state index contributed by atoms with van der Waals surface area (Å²) in [5, 5.41) is 0.711. The van der Waals surface area contributed by atoms with Crippen LogP contribution in [-0.4, -0.2) is 21.2 Å². The first-order valence-corrected chi connectivity index (χ1v) is 5.59. The Morgan fingerprint density at radius 1 is 1.28 bits per heavy atom. The molecule has 0 spiro atoms. The second kappa shape index (κ2) is 4.25. The lowest BCUT2D eigenvalue weighted by atomic mass is 10.2. The number of nitrogens with zero attached hydrogens (tertiary/aromatic N) is 2. The van der Waals surface area contributed by atoms with Crippen molar-refractivity contribution >= 4 is 17.0 Å². The zero-order valence-corrected chi connectivity index (χ0v) is 10.5. The predicted molar refractivity (Wildman–Crippen MR) is 67.6 cm³/mol. The molecule has 0 amide bonds. The molecule has 0 fully saturated rings. The minimum atomic E-state index is -0.711. The molecule has 0 bridgehead atoms. The second-order valence-corrected chi connectivity index (χ2v) is 4.92. The lowest BCUT2D eigenvalue weighted by Crippen LogP contribution is -2.34. The Labute approximate surface area is 104 Å². The van der Waals surface area contributed by atoms with Gasteiger partial charge in [0.05, 0.1) is 5.52 Å². The van der Waals surface area contributed by atoms with Crippen LogP contribution in [0.2, 0.25) is 0 Å². The van der Waals surface area contributed by atoms with Gasteiger partial charge in [0.25, 0.3) is 0 Å². The third kappa shape index (κ3) is 2.40. The summed E-state index contributed by atoms with van der Waals surface area (Å²) in [6, 6.07) is 7.03. The van der Waals surface area contributed by atoms with Crippen molar-refractivity contribution in [3.05, 3.63) is 40.9 Å². The summed E-state index contributed by atoms with van der Waals surface area (Å²) in [5.74, 6) is 0. The number of rotatable bonds is 0. The van der Waals surface area contributed by atoms with E-state index in [1.807, 2.05) is 6.07 Å². The van der Waals surface area contributed by atoms with E-state index in [4.69, 9.17) is 4.74 Å². The molecule has 0 radical (unpaired) electrons. The molecule has 18 heavy (non-hydrogen) atoms. The molecule has 0 atom stereocenters. The van der Waals surface area contributed by atoms with Crippen LogP contribution < -0.4 is 5.69 Å². The Hall–Kier alpha value is -2.17. The first-order valence-electron chi connectivity index (χ1n) is 5.59. The number of carbonyl (C=O) groups excluding carboxylic acids is 1. The van der Waals surface area contributed by atoms with E-state index < -0.39 is 17.4 Å². The third-order valence-corrected chi connectivity index (χ3v) is 2.26. The zero-order chi connectivity index (χ0) is 13.3. The summed E-state index contributed by atoms with van der Waals surface area (Å²) in [5.41, 5.74) is -0.803. The van der Waals surface area contributed by atoms with Gasteiger partial charge in [-0.05, 0) is 26.8 Å². The van der Waals surface area contributed by atoms with Crippen LogP contribution >= 0.6 is 0 Å². The molecular formula is C13H14N2O3. The highest BCUT2D eigenvalue weighted by atomic mass is 16.6. The van der Waals surface area contributed by atoms with E-state index in [-0.39, 0.29) is 0 Å². The third-order valence-electron chi connectivity index (χ3n) is 2.26. The molecule has 1 aromatic carbocycles. The molecule has 1 heterocycles. The van der Waals surface area contributed by atoms with Gasteiger partial charge in [-0.3, -0.25) is 0 Å². The van der Waals surface area contributed by atoms with Gasteiger partial charge in [-0.2, -0.15) is 4.57 Å². The SMILES string of the molecule is CC(C)(C)OC(=O)n1c(=O)ncc2ccccc21. The standard InChI is InChI=1S/C13H14N2O3/c1-13(2,3)18-12(17)15-10-7-5-4-6-9(10)8-14-11(15)16/h4-8H,1-3H3. The Balaban J connectivity index is 2.60. The maximum atomic E-state index is 12.0. The Bertz CT molecular complexity index is 653. The molecule has 94 valence electrons. The van der Waals surface area contributed by atoms with Crippen molar-refractivity contribution in [1.29, 1.82) is 0 Å². The molecule has 0 saturated carbocycles. The van der Waals surface area contributed by atoms with E-state index in [1.165, 1.54) is 6.20 Å². The first kappa shape index (κ1) is 12.3. The average Bonchev–Trinajstić information content (AvgIpc) is 2.26. The van der Waals surface area contributed by atoms with Crippen molar-refractivity contribution < 1.29 is 9.53 Å². The van der Waals surface area contributed by atoms with Crippen LogP contribution in [0.5, 0.6) is 0 Å². The van der Waals surface area contributed by atoms with Crippen molar-refractivity contribution in [1.82, 2.24) is 9.55 Å². The van der Waals surface area contributed by atoms with E-state index in [9.17, 15) is 9.59 Å². The van der Waals surface area contributed by atoms with Crippen molar-refractivity contribution in [2.75, 3.05) is 0 Å². The van der Waals surface area contributed by atoms with Crippen LogP contribution in [0.15, 0.2) is 35.3 Å². The monoisotopic (exact) mass is 246 g/mol. The Morgan fingerprint density at radius 2 is 1.94 bits per heavy atom. The Kier molecular flexibility index (Phi) is 2.90. The molecule has 0 aliphatic rings. The van der Waals surface area contributed by atoms with Crippen molar-refractivity contribution in [3.8, 4) is 0 Å². The van der Waals surface area contributed by atoms with Crippen LogP contribution in [0, 0.1) is 0 Å². The lowest BCUT2D eigenvalue weighted by molar-refractivity contribution is 0.0536. The van der Waals surface area contributed by atoms with Crippen LogP contribution in [0.25, 0.3) is 10.9 Å². The number of carbonyl (C=O) groups is 1. The van der Waals surface area contributed by atoms with E-state index in [0.717, 1.165) is 4.57 Å². The summed E-state index contributed by atoms with van der Waals surface area (Å²) in [6.45, 7) is 5.23. The number of para-hydroxylation sites is 1. The topological polar surface area (TPSA) is 61.2 Å². The van der Waals surface area contributed by atoms with Gasteiger partial charge in [0, 0.05) is 11.6 Å². The maximum absolute atomic E-state index is 12.0. The van der Waals surface area contributed by atoms with E-state index in [0.29, 0.717) is 10.9 Å². The highest BCUT2D eigenvalue weighted by Crippen LogP contribution is 2.13. The molecule has 5 nitrogen and oxygen atoms in total. The molecule has 2 aromatic rings. The molecule has 0 aliphatic heterocycles. The normalized spacial score (nSPS) is 11.5. The van der Waals surface area contributed by atoms with E-state index in [1.54, 1.807) is 39.0 Å². The van der Waals surface area contributed by atoms with Gasteiger partial charge in [-0.1, -0.05) is 18.2 Å². The summed E-state index contributed by atoms with van der Waals surface area (Å²) in [7, 11) is 0.